The lowest BCUT2D eigenvalue weighted by molar-refractivity contribution is -0.133. The van der Waals surface area contributed by atoms with Gasteiger partial charge in [0.15, 0.2) is 0 Å². The molecular weight excluding hydrogens is 214 g/mol. The van der Waals surface area contributed by atoms with Crippen molar-refractivity contribution in [3.63, 3.8) is 0 Å². The van der Waals surface area contributed by atoms with Crippen molar-refractivity contribution in [3.05, 3.63) is 0 Å². The van der Waals surface area contributed by atoms with Crippen molar-refractivity contribution in [2.75, 3.05) is 26.4 Å². The lowest BCUT2D eigenvalue weighted by atomic mass is 9.82. The van der Waals surface area contributed by atoms with Crippen molar-refractivity contribution in [1.82, 2.24) is 5.32 Å². The first-order valence-electron chi connectivity index (χ1n) is 6.95. The van der Waals surface area contributed by atoms with Gasteiger partial charge in [0.05, 0.1) is 24.9 Å². The predicted octanol–water partition coefficient (Wildman–Crippen LogP) is 2.21. The van der Waals surface area contributed by atoms with Gasteiger partial charge in [-0.3, -0.25) is 0 Å². The van der Waals surface area contributed by atoms with Crippen LogP contribution in [0.2, 0.25) is 0 Å². The summed E-state index contributed by atoms with van der Waals surface area (Å²) in [4.78, 5) is 0. The Labute approximate surface area is 105 Å². The van der Waals surface area contributed by atoms with Gasteiger partial charge in [-0.05, 0) is 31.1 Å². The first kappa shape index (κ1) is 13.3. The molecule has 100 valence electrons. The molecule has 2 aliphatic rings. The summed E-state index contributed by atoms with van der Waals surface area (Å²) < 4.78 is 11.9. The van der Waals surface area contributed by atoms with Crippen LogP contribution in [0.5, 0.6) is 0 Å². The average molecular weight is 241 g/mol. The van der Waals surface area contributed by atoms with Gasteiger partial charge in [-0.1, -0.05) is 20.8 Å². The molecule has 17 heavy (non-hydrogen) atoms. The molecule has 0 aromatic heterocycles. The van der Waals surface area contributed by atoms with Crippen molar-refractivity contribution in [1.29, 1.82) is 0 Å². The van der Waals surface area contributed by atoms with Crippen LogP contribution in [0, 0.1) is 11.3 Å². The van der Waals surface area contributed by atoms with E-state index < -0.39 is 0 Å². The Kier molecular flexibility index (Phi) is 3.81. The van der Waals surface area contributed by atoms with Crippen LogP contribution in [0.15, 0.2) is 0 Å². The molecule has 0 bridgehead atoms. The molecule has 1 saturated carbocycles. The van der Waals surface area contributed by atoms with Gasteiger partial charge < -0.3 is 14.8 Å². The highest BCUT2D eigenvalue weighted by molar-refractivity contribution is 5.07. The van der Waals surface area contributed by atoms with Crippen LogP contribution in [0.4, 0.5) is 0 Å². The summed E-state index contributed by atoms with van der Waals surface area (Å²) in [5.41, 5.74) is 0.389. The minimum absolute atomic E-state index is 0.00306. The van der Waals surface area contributed by atoms with Gasteiger partial charge in [-0.15, -0.1) is 0 Å². The van der Waals surface area contributed by atoms with Crippen LogP contribution in [-0.4, -0.2) is 38.0 Å². The summed E-state index contributed by atoms with van der Waals surface area (Å²) in [6.07, 6.45) is 2.39. The van der Waals surface area contributed by atoms with Gasteiger partial charge in [-0.25, -0.2) is 0 Å². The smallest absolute Gasteiger partial charge is 0.0888 e. The molecule has 1 N–H and O–H groups in total. The normalized spacial score (nSPS) is 40.9. The molecule has 1 aliphatic heterocycles. The third-order valence-corrected chi connectivity index (χ3v) is 4.39. The summed E-state index contributed by atoms with van der Waals surface area (Å²) in [7, 11) is 0. The van der Waals surface area contributed by atoms with Crippen molar-refractivity contribution in [2.24, 2.45) is 11.3 Å². The van der Waals surface area contributed by atoms with Gasteiger partial charge in [0.2, 0.25) is 0 Å². The maximum absolute atomic E-state index is 6.24. The zero-order chi connectivity index (χ0) is 12.5. The number of hydrogen-bond donors (Lipinski definition) is 1. The highest BCUT2D eigenvalue weighted by Crippen LogP contribution is 2.51. The fourth-order valence-electron chi connectivity index (χ4n) is 3.84. The monoisotopic (exact) mass is 241 g/mol. The Bertz CT molecular complexity index is 267. The van der Waals surface area contributed by atoms with Crippen LogP contribution in [0.25, 0.3) is 0 Å². The summed E-state index contributed by atoms with van der Waals surface area (Å²) in [6, 6.07) is 0.355. The molecule has 3 heteroatoms. The molecular formula is C14H27NO2. The van der Waals surface area contributed by atoms with Crippen LogP contribution >= 0.6 is 0 Å². The summed E-state index contributed by atoms with van der Waals surface area (Å²) in [5.74, 6) is 0.607. The van der Waals surface area contributed by atoms with E-state index in [1.807, 2.05) is 0 Å². The van der Waals surface area contributed by atoms with Gasteiger partial charge in [0, 0.05) is 13.2 Å². The van der Waals surface area contributed by atoms with Gasteiger partial charge in [-0.2, -0.15) is 0 Å². The molecule has 3 atom stereocenters. The molecule has 2 rings (SSSR count). The second-order valence-electron chi connectivity index (χ2n) is 6.42. The van der Waals surface area contributed by atoms with E-state index in [1.54, 1.807) is 0 Å². The lowest BCUT2D eigenvalue weighted by Gasteiger charge is -2.45. The third-order valence-electron chi connectivity index (χ3n) is 4.39. The highest BCUT2D eigenvalue weighted by Gasteiger charge is 2.55. The number of rotatable bonds is 3. The topological polar surface area (TPSA) is 30.5 Å². The van der Waals surface area contributed by atoms with Crippen molar-refractivity contribution in [3.8, 4) is 0 Å². The molecule has 1 aliphatic carbocycles. The average Bonchev–Trinajstić information content (AvgIpc) is 2.48. The minimum Gasteiger partial charge on any atom is -0.380 e. The highest BCUT2D eigenvalue weighted by atomic mass is 16.5. The Morgan fingerprint density at radius 2 is 2.18 bits per heavy atom. The minimum atomic E-state index is -0.00306. The molecule has 1 heterocycles. The van der Waals surface area contributed by atoms with E-state index in [2.05, 4.69) is 33.0 Å². The lowest BCUT2D eigenvalue weighted by Crippen LogP contribution is -2.61. The van der Waals surface area contributed by atoms with Crippen LogP contribution in [0.1, 0.15) is 40.5 Å². The van der Waals surface area contributed by atoms with Crippen LogP contribution in [-0.2, 0) is 9.47 Å². The summed E-state index contributed by atoms with van der Waals surface area (Å²) in [6.45, 7) is 12.4. The third kappa shape index (κ3) is 2.51. The van der Waals surface area contributed by atoms with Crippen molar-refractivity contribution < 1.29 is 9.47 Å². The standard InChI is InChI=1S/C14H27NO2/c1-5-16-9-12-14(17-7-6-15-12)10-13(3,4)8-11(14)2/h11-12,15H,5-10H2,1-4H3. The van der Waals surface area contributed by atoms with Crippen LogP contribution < -0.4 is 5.32 Å². The predicted molar refractivity (Wildman–Crippen MR) is 69.1 cm³/mol. The van der Waals surface area contributed by atoms with E-state index >= 15 is 0 Å². The van der Waals surface area contributed by atoms with Crippen molar-refractivity contribution in [2.45, 2.75) is 52.2 Å². The number of nitrogens with one attached hydrogen (secondary N) is 1. The Morgan fingerprint density at radius 3 is 2.76 bits per heavy atom. The van der Waals surface area contributed by atoms with E-state index in [4.69, 9.17) is 9.47 Å². The SMILES string of the molecule is CCOCC1NCCOC12CC(C)(C)CC2C. The first-order chi connectivity index (χ1) is 8.00. The van der Waals surface area contributed by atoms with E-state index in [0.717, 1.165) is 32.8 Å². The largest absolute Gasteiger partial charge is 0.380 e. The number of hydrogen-bond acceptors (Lipinski definition) is 3. The molecule has 0 radical (unpaired) electrons. The zero-order valence-corrected chi connectivity index (χ0v) is 11.7. The van der Waals surface area contributed by atoms with Crippen LogP contribution in [0.3, 0.4) is 0 Å². The zero-order valence-electron chi connectivity index (χ0n) is 11.7. The molecule has 3 nitrogen and oxygen atoms in total. The van der Waals surface area contributed by atoms with E-state index in [1.165, 1.54) is 6.42 Å². The summed E-state index contributed by atoms with van der Waals surface area (Å²) in [5, 5.41) is 3.60. The number of ether oxygens (including phenoxy) is 2. The Morgan fingerprint density at radius 1 is 1.41 bits per heavy atom. The molecule has 3 unspecified atom stereocenters. The van der Waals surface area contributed by atoms with E-state index in [-0.39, 0.29) is 5.60 Å². The quantitative estimate of drug-likeness (QED) is 0.822. The maximum Gasteiger partial charge on any atom is 0.0888 e. The van der Waals surface area contributed by atoms with E-state index in [9.17, 15) is 0 Å². The van der Waals surface area contributed by atoms with Crippen molar-refractivity contribution >= 4 is 0 Å². The first-order valence-corrected chi connectivity index (χ1v) is 6.95. The molecule has 1 spiro atoms. The second-order valence-corrected chi connectivity index (χ2v) is 6.42. The summed E-state index contributed by atoms with van der Waals surface area (Å²) >= 11 is 0. The molecule has 2 fully saturated rings. The maximum atomic E-state index is 6.24. The molecule has 0 aromatic carbocycles. The second kappa shape index (κ2) is 4.87. The fraction of sp³-hybridized carbons (Fsp3) is 1.00. The Hall–Kier alpha value is -0.120. The molecule has 1 saturated heterocycles. The van der Waals surface area contributed by atoms with E-state index in [0.29, 0.717) is 17.4 Å². The van der Waals surface area contributed by atoms with Gasteiger partial charge >= 0.3 is 0 Å². The number of morpholine rings is 1. The Balaban J connectivity index is 2.14. The molecule has 0 amide bonds. The molecule has 0 aromatic rings. The fourth-order valence-corrected chi connectivity index (χ4v) is 3.84. The van der Waals surface area contributed by atoms with Gasteiger partial charge in [0.1, 0.15) is 0 Å². The van der Waals surface area contributed by atoms with Gasteiger partial charge in [0.25, 0.3) is 0 Å².